The summed E-state index contributed by atoms with van der Waals surface area (Å²) in [6, 6.07) is 8.04. The van der Waals surface area contributed by atoms with E-state index in [2.05, 4.69) is 32.7 Å². The van der Waals surface area contributed by atoms with Gasteiger partial charge in [-0.05, 0) is 39.3 Å². The van der Waals surface area contributed by atoms with Crippen molar-refractivity contribution in [1.29, 1.82) is 0 Å². The van der Waals surface area contributed by atoms with Crippen LogP contribution in [0.2, 0.25) is 0 Å². The molecule has 0 bridgehead atoms. The van der Waals surface area contributed by atoms with E-state index in [0.717, 1.165) is 31.1 Å². The molecule has 0 atom stereocenters. The quantitative estimate of drug-likeness (QED) is 0.252. The number of aliphatic imine (C=N–C) groups is 1. The summed E-state index contributed by atoms with van der Waals surface area (Å²) in [7, 11) is 0. The van der Waals surface area contributed by atoms with E-state index < -0.39 is 0 Å². The Hall–Kier alpha value is -1.84. The van der Waals surface area contributed by atoms with Gasteiger partial charge in [0, 0.05) is 19.5 Å². The standard InChI is InChI=1S/C18H27N5O2.HI/c1-4-19-18(20-11-5-6-17-22-15(3)23-25-17)21-12-13-24-16-9-7-14(2)8-10-16;/h7-10H,4-6,11-13H2,1-3H3,(H2,19,20,21);1H. The minimum absolute atomic E-state index is 0. The molecule has 0 unspecified atom stereocenters. The van der Waals surface area contributed by atoms with E-state index in [1.165, 1.54) is 5.56 Å². The van der Waals surface area contributed by atoms with E-state index in [1.807, 2.05) is 38.1 Å². The molecule has 0 fully saturated rings. The molecule has 2 aromatic rings. The molecule has 1 aromatic carbocycles. The molecule has 0 aliphatic rings. The van der Waals surface area contributed by atoms with Crippen LogP contribution in [0, 0.1) is 13.8 Å². The Morgan fingerprint density at radius 3 is 2.62 bits per heavy atom. The monoisotopic (exact) mass is 473 g/mol. The summed E-state index contributed by atoms with van der Waals surface area (Å²) in [5.74, 6) is 3.00. The van der Waals surface area contributed by atoms with E-state index in [0.29, 0.717) is 31.4 Å². The summed E-state index contributed by atoms with van der Waals surface area (Å²) in [6.07, 6.45) is 1.60. The second-order valence-corrected chi connectivity index (χ2v) is 5.69. The van der Waals surface area contributed by atoms with Crippen molar-refractivity contribution in [2.75, 3.05) is 26.2 Å². The van der Waals surface area contributed by atoms with Crippen molar-refractivity contribution in [2.24, 2.45) is 4.99 Å². The highest BCUT2D eigenvalue weighted by Gasteiger charge is 2.02. The molecule has 0 aliphatic carbocycles. The van der Waals surface area contributed by atoms with Gasteiger partial charge in [-0.1, -0.05) is 22.9 Å². The number of nitrogens with zero attached hydrogens (tertiary/aromatic N) is 3. The van der Waals surface area contributed by atoms with Gasteiger partial charge < -0.3 is 19.9 Å². The third-order valence-corrected chi connectivity index (χ3v) is 3.42. The Morgan fingerprint density at radius 2 is 1.96 bits per heavy atom. The van der Waals surface area contributed by atoms with Crippen LogP contribution in [-0.2, 0) is 6.42 Å². The predicted octanol–water partition coefficient (Wildman–Crippen LogP) is 2.87. The first-order chi connectivity index (χ1) is 12.2. The molecule has 0 aliphatic heterocycles. The zero-order chi connectivity index (χ0) is 17.9. The van der Waals surface area contributed by atoms with Crippen molar-refractivity contribution in [1.82, 2.24) is 20.8 Å². The second kappa shape index (κ2) is 12.5. The molecule has 144 valence electrons. The maximum Gasteiger partial charge on any atom is 0.226 e. The first kappa shape index (κ1) is 22.2. The minimum atomic E-state index is 0. The first-order valence-electron chi connectivity index (χ1n) is 8.68. The van der Waals surface area contributed by atoms with Crippen LogP contribution in [0.25, 0.3) is 0 Å². The summed E-state index contributed by atoms with van der Waals surface area (Å²) in [6.45, 7) is 8.68. The van der Waals surface area contributed by atoms with Crippen LogP contribution in [0.3, 0.4) is 0 Å². The van der Waals surface area contributed by atoms with Gasteiger partial charge >= 0.3 is 0 Å². The Morgan fingerprint density at radius 1 is 1.19 bits per heavy atom. The third-order valence-electron chi connectivity index (χ3n) is 3.42. The van der Waals surface area contributed by atoms with Crippen molar-refractivity contribution in [3.63, 3.8) is 0 Å². The maximum atomic E-state index is 5.70. The van der Waals surface area contributed by atoms with E-state index in [-0.39, 0.29) is 24.0 Å². The van der Waals surface area contributed by atoms with Crippen LogP contribution >= 0.6 is 24.0 Å². The molecule has 8 heteroatoms. The highest BCUT2D eigenvalue weighted by atomic mass is 127. The van der Waals surface area contributed by atoms with Gasteiger partial charge in [-0.2, -0.15) is 4.98 Å². The van der Waals surface area contributed by atoms with Crippen molar-refractivity contribution in [3.05, 3.63) is 41.5 Å². The average Bonchev–Trinajstić information content (AvgIpc) is 3.02. The molecule has 1 aromatic heterocycles. The number of halogens is 1. The number of nitrogens with one attached hydrogen (secondary N) is 2. The normalized spacial score (nSPS) is 11.0. The topological polar surface area (TPSA) is 84.6 Å². The summed E-state index contributed by atoms with van der Waals surface area (Å²) in [5.41, 5.74) is 1.22. The van der Waals surface area contributed by atoms with Gasteiger partial charge in [0.15, 0.2) is 11.8 Å². The van der Waals surface area contributed by atoms with Gasteiger partial charge in [0.25, 0.3) is 0 Å². The lowest BCUT2D eigenvalue weighted by Gasteiger charge is -2.12. The molecule has 0 radical (unpaired) electrons. The van der Waals surface area contributed by atoms with Crippen LogP contribution in [0.1, 0.15) is 30.6 Å². The minimum Gasteiger partial charge on any atom is -0.492 e. The Labute approximate surface area is 172 Å². The van der Waals surface area contributed by atoms with E-state index >= 15 is 0 Å². The van der Waals surface area contributed by atoms with Crippen LogP contribution in [0.5, 0.6) is 5.75 Å². The van der Waals surface area contributed by atoms with Crippen molar-refractivity contribution < 1.29 is 9.26 Å². The van der Waals surface area contributed by atoms with Crippen molar-refractivity contribution in [3.8, 4) is 5.75 Å². The van der Waals surface area contributed by atoms with Gasteiger partial charge in [0.2, 0.25) is 5.89 Å². The molecular formula is C18H28IN5O2. The molecule has 2 rings (SSSR count). The number of aryl methyl sites for hydroxylation is 3. The number of aromatic nitrogens is 2. The van der Waals surface area contributed by atoms with Gasteiger partial charge in [-0.25, -0.2) is 0 Å². The SMILES string of the molecule is CCNC(=NCCCc1nc(C)no1)NCCOc1ccc(C)cc1.I. The molecule has 26 heavy (non-hydrogen) atoms. The highest BCUT2D eigenvalue weighted by molar-refractivity contribution is 14.0. The molecule has 0 saturated carbocycles. The molecule has 1 heterocycles. The largest absolute Gasteiger partial charge is 0.492 e. The Bertz CT molecular complexity index is 658. The summed E-state index contributed by atoms with van der Waals surface area (Å²) < 4.78 is 10.8. The average molecular weight is 473 g/mol. The second-order valence-electron chi connectivity index (χ2n) is 5.69. The number of hydrogen-bond acceptors (Lipinski definition) is 5. The summed E-state index contributed by atoms with van der Waals surface area (Å²) in [5, 5.41) is 10.3. The molecule has 0 amide bonds. The van der Waals surface area contributed by atoms with Crippen LogP contribution in [0.15, 0.2) is 33.8 Å². The van der Waals surface area contributed by atoms with Crippen molar-refractivity contribution in [2.45, 2.75) is 33.6 Å². The number of hydrogen-bond donors (Lipinski definition) is 2. The van der Waals surface area contributed by atoms with Gasteiger partial charge in [0.1, 0.15) is 12.4 Å². The van der Waals surface area contributed by atoms with E-state index in [4.69, 9.17) is 9.26 Å². The van der Waals surface area contributed by atoms with Gasteiger partial charge in [0.05, 0.1) is 6.54 Å². The molecule has 0 saturated heterocycles. The molecular weight excluding hydrogens is 445 g/mol. The summed E-state index contributed by atoms with van der Waals surface area (Å²) in [4.78, 5) is 8.73. The maximum absolute atomic E-state index is 5.70. The lowest BCUT2D eigenvalue weighted by atomic mass is 10.2. The smallest absolute Gasteiger partial charge is 0.226 e. The van der Waals surface area contributed by atoms with Crippen LogP contribution in [-0.4, -0.2) is 42.3 Å². The first-order valence-corrected chi connectivity index (χ1v) is 8.68. The van der Waals surface area contributed by atoms with Crippen LogP contribution in [0.4, 0.5) is 0 Å². The molecule has 2 N–H and O–H groups in total. The molecule has 7 nitrogen and oxygen atoms in total. The number of guanidine groups is 1. The highest BCUT2D eigenvalue weighted by Crippen LogP contribution is 2.10. The molecule has 0 spiro atoms. The zero-order valence-electron chi connectivity index (χ0n) is 15.6. The van der Waals surface area contributed by atoms with Crippen LogP contribution < -0.4 is 15.4 Å². The number of benzene rings is 1. The predicted molar refractivity (Wildman–Crippen MR) is 113 cm³/mol. The van der Waals surface area contributed by atoms with E-state index in [1.54, 1.807) is 0 Å². The Balaban J connectivity index is 0.00000338. The van der Waals surface area contributed by atoms with Crippen molar-refractivity contribution >= 4 is 29.9 Å². The summed E-state index contributed by atoms with van der Waals surface area (Å²) >= 11 is 0. The number of ether oxygens (including phenoxy) is 1. The Kier molecular flexibility index (Phi) is 10.7. The lowest BCUT2D eigenvalue weighted by Crippen LogP contribution is -2.39. The van der Waals surface area contributed by atoms with Gasteiger partial charge in [-0.15, -0.1) is 24.0 Å². The third kappa shape index (κ3) is 8.50. The van der Waals surface area contributed by atoms with Gasteiger partial charge in [-0.3, -0.25) is 4.99 Å². The lowest BCUT2D eigenvalue weighted by molar-refractivity contribution is 0.322. The zero-order valence-corrected chi connectivity index (χ0v) is 17.9. The van der Waals surface area contributed by atoms with E-state index in [9.17, 15) is 0 Å². The fourth-order valence-electron chi connectivity index (χ4n) is 2.18. The fraction of sp³-hybridized carbons (Fsp3) is 0.500. The fourth-order valence-corrected chi connectivity index (χ4v) is 2.18. The number of rotatable bonds is 9.